The number of unbranched alkanes of at least 4 members (excludes halogenated alkanes) is 1. The Labute approximate surface area is 211 Å². The number of fused-ring (bicyclic) bond motifs is 2. The molecule has 1 aliphatic heterocycles. The lowest BCUT2D eigenvalue weighted by Crippen LogP contribution is -2.37. The first-order valence-electron chi connectivity index (χ1n) is 12.6. The number of nitrogens with zero attached hydrogens (tertiary/aromatic N) is 5. The first-order valence-corrected chi connectivity index (χ1v) is 12.6. The highest BCUT2D eigenvalue weighted by atomic mass is 16.5. The third-order valence-electron chi connectivity index (χ3n) is 6.46. The summed E-state index contributed by atoms with van der Waals surface area (Å²) in [6, 6.07) is 7.17. The van der Waals surface area contributed by atoms with Crippen LogP contribution in [-0.4, -0.2) is 81.8 Å². The molecule has 0 bridgehead atoms. The third-order valence-corrected chi connectivity index (χ3v) is 6.46. The Hall–Kier alpha value is -3.37. The average Bonchev–Trinajstić information content (AvgIpc) is 2.91. The van der Waals surface area contributed by atoms with Crippen LogP contribution < -0.4 is 10.6 Å². The van der Waals surface area contributed by atoms with Crippen LogP contribution >= 0.6 is 0 Å². The molecule has 4 rings (SSSR count). The Kier molecular flexibility index (Phi) is 9.34. The number of aromatic nitrogens is 4. The van der Waals surface area contributed by atoms with Crippen LogP contribution in [0.25, 0.3) is 11.0 Å². The van der Waals surface area contributed by atoms with E-state index in [0.717, 1.165) is 63.3 Å². The maximum atomic E-state index is 12.0. The fraction of sp³-hybridized carbons (Fsp3) is 0.500. The molecule has 0 aromatic carbocycles. The molecule has 3 aromatic heterocycles. The first kappa shape index (κ1) is 25.7. The smallest absolute Gasteiger partial charge is 0.326 e. The van der Waals surface area contributed by atoms with Crippen LogP contribution in [0.1, 0.15) is 36.9 Å². The van der Waals surface area contributed by atoms with Crippen LogP contribution in [0, 0.1) is 0 Å². The number of rotatable bonds is 14. The number of carboxylic acid groups (broad SMARTS) is 1. The fourth-order valence-electron chi connectivity index (χ4n) is 4.44. The Bertz CT molecular complexity index is 1140. The van der Waals surface area contributed by atoms with Crippen molar-refractivity contribution in [1.29, 1.82) is 0 Å². The summed E-state index contributed by atoms with van der Waals surface area (Å²) < 4.78 is 5.28. The van der Waals surface area contributed by atoms with E-state index in [2.05, 4.69) is 42.6 Å². The number of carbonyl (C=O) groups is 1. The molecule has 0 aliphatic carbocycles. The number of aliphatic carboxylic acids is 1. The fourth-order valence-corrected chi connectivity index (χ4v) is 4.44. The minimum absolute atomic E-state index is 0.426. The molecule has 0 saturated carbocycles. The molecule has 0 saturated heterocycles. The van der Waals surface area contributed by atoms with Crippen molar-refractivity contribution in [3.8, 4) is 0 Å². The van der Waals surface area contributed by atoms with E-state index >= 15 is 0 Å². The molecule has 3 aromatic rings. The van der Waals surface area contributed by atoms with Crippen LogP contribution in [-0.2, 0) is 22.4 Å². The molecule has 36 heavy (non-hydrogen) atoms. The van der Waals surface area contributed by atoms with Crippen LogP contribution in [0.2, 0.25) is 0 Å². The summed E-state index contributed by atoms with van der Waals surface area (Å²) >= 11 is 0. The van der Waals surface area contributed by atoms with E-state index in [9.17, 15) is 9.90 Å². The van der Waals surface area contributed by atoms with Crippen LogP contribution in [0.4, 0.5) is 11.6 Å². The van der Waals surface area contributed by atoms with Crippen molar-refractivity contribution in [1.82, 2.24) is 24.8 Å². The van der Waals surface area contributed by atoms with Gasteiger partial charge in [-0.2, -0.15) is 0 Å². The Morgan fingerprint density at radius 1 is 1.19 bits per heavy atom. The minimum Gasteiger partial charge on any atom is -0.480 e. The Balaban J connectivity index is 1.29. The van der Waals surface area contributed by atoms with Gasteiger partial charge >= 0.3 is 5.97 Å². The zero-order chi connectivity index (χ0) is 25.2. The summed E-state index contributed by atoms with van der Waals surface area (Å²) in [5.41, 5.74) is 3.66. The van der Waals surface area contributed by atoms with E-state index in [1.165, 1.54) is 11.9 Å². The maximum absolute atomic E-state index is 12.0. The number of ether oxygens (including phenoxy) is 1. The molecule has 0 spiro atoms. The van der Waals surface area contributed by atoms with Crippen molar-refractivity contribution in [3.63, 3.8) is 0 Å². The van der Waals surface area contributed by atoms with Gasteiger partial charge < -0.3 is 25.4 Å². The summed E-state index contributed by atoms with van der Waals surface area (Å²) in [4.78, 5) is 31.8. The summed E-state index contributed by atoms with van der Waals surface area (Å²) in [7, 11) is 1.68. The number of methoxy groups -OCH3 is 1. The standard InChI is InChI=1S/C26H35N7O3/c1-36-17-16-33(14-3-2-7-20-10-9-19-6-4-13-28-24(19)31-20)15-11-22(26(34)35)32-25-23-21(29-18-30-25)8-5-12-27-23/h5,8-10,12,18,22H,2-4,6-7,11,13-17H2,1H3,(H,28,31)(H,34,35)(H,29,30,32)/t22-/m0/s1. The molecule has 3 N–H and O–H groups in total. The van der Waals surface area contributed by atoms with Crippen LogP contribution in [0.15, 0.2) is 36.8 Å². The lowest BCUT2D eigenvalue weighted by Gasteiger charge is -2.24. The molecule has 0 radical (unpaired) electrons. The number of hydrogen-bond donors (Lipinski definition) is 3. The Morgan fingerprint density at radius 2 is 2.11 bits per heavy atom. The van der Waals surface area contributed by atoms with Crippen molar-refractivity contribution in [2.24, 2.45) is 0 Å². The highest BCUT2D eigenvalue weighted by Crippen LogP contribution is 2.21. The SMILES string of the molecule is COCCN(CCCCc1ccc2c(n1)NCCC2)CC[C@H](Nc1ncnc2cccnc12)C(=O)O. The maximum Gasteiger partial charge on any atom is 0.326 e. The summed E-state index contributed by atoms with van der Waals surface area (Å²) in [5.74, 6) is 0.555. The van der Waals surface area contributed by atoms with Crippen molar-refractivity contribution >= 4 is 28.6 Å². The van der Waals surface area contributed by atoms with Crippen molar-refractivity contribution < 1.29 is 14.6 Å². The predicted molar refractivity (Wildman–Crippen MR) is 139 cm³/mol. The molecule has 1 aliphatic rings. The Morgan fingerprint density at radius 3 is 2.97 bits per heavy atom. The quantitative estimate of drug-likeness (QED) is 0.289. The van der Waals surface area contributed by atoms with Gasteiger partial charge in [0, 0.05) is 38.6 Å². The number of anilines is 2. The first-order chi connectivity index (χ1) is 17.6. The summed E-state index contributed by atoms with van der Waals surface area (Å²) in [5, 5.41) is 16.3. The zero-order valence-electron chi connectivity index (χ0n) is 20.8. The minimum atomic E-state index is -0.920. The molecule has 0 unspecified atom stereocenters. The van der Waals surface area contributed by atoms with E-state index in [1.54, 1.807) is 19.4 Å². The largest absolute Gasteiger partial charge is 0.480 e. The van der Waals surface area contributed by atoms with Gasteiger partial charge in [0.1, 0.15) is 23.7 Å². The summed E-state index contributed by atoms with van der Waals surface area (Å²) in [6.45, 7) is 3.85. The molecule has 4 heterocycles. The van der Waals surface area contributed by atoms with Gasteiger partial charge in [-0.05, 0) is 68.8 Å². The normalized spacial score (nSPS) is 13.8. The van der Waals surface area contributed by atoms with Crippen LogP contribution in [0.5, 0.6) is 0 Å². The number of nitrogens with one attached hydrogen (secondary N) is 2. The second-order valence-corrected chi connectivity index (χ2v) is 9.05. The molecule has 10 nitrogen and oxygen atoms in total. The van der Waals surface area contributed by atoms with Gasteiger partial charge in [-0.25, -0.2) is 19.7 Å². The lowest BCUT2D eigenvalue weighted by atomic mass is 10.1. The number of carboxylic acids is 1. The van der Waals surface area contributed by atoms with Crippen LogP contribution in [0.3, 0.4) is 0 Å². The molecular formula is C26H35N7O3. The van der Waals surface area contributed by atoms with Gasteiger partial charge in [0.15, 0.2) is 5.82 Å². The molecular weight excluding hydrogens is 458 g/mol. The zero-order valence-corrected chi connectivity index (χ0v) is 20.8. The van der Waals surface area contributed by atoms with Gasteiger partial charge in [-0.15, -0.1) is 0 Å². The van der Waals surface area contributed by atoms with E-state index < -0.39 is 12.0 Å². The predicted octanol–water partition coefficient (Wildman–Crippen LogP) is 3.00. The number of hydrogen-bond acceptors (Lipinski definition) is 9. The topological polar surface area (TPSA) is 125 Å². The molecule has 0 amide bonds. The van der Waals surface area contributed by atoms with Crippen molar-refractivity contribution in [2.45, 2.75) is 44.6 Å². The van der Waals surface area contributed by atoms with E-state index in [-0.39, 0.29) is 0 Å². The lowest BCUT2D eigenvalue weighted by molar-refractivity contribution is -0.138. The number of pyridine rings is 2. The molecule has 0 fully saturated rings. The van der Waals surface area contributed by atoms with Crippen molar-refractivity contribution in [2.75, 3.05) is 50.5 Å². The van der Waals surface area contributed by atoms with Gasteiger partial charge in [-0.3, -0.25) is 4.98 Å². The van der Waals surface area contributed by atoms with E-state index in [1.807, 2.05) is 6.07 Å². The average molecular weight is 494 g/mol. The van der Waals surface area contributed by atoms with Gasteiger partial charge in [-0.1, -0.05) is 6.07 Å². The summed E-state index contributed by atoms with van der Waals surface area (Å²) in [6.07, 6.45) is 8.71. The van der Waals surface area contributed by atoms with E-state index in [4.69, 9.17) is 9.72 Å². The highest BCUT2D eigenvalue weighted by Gasteiger charge is 2.21. The second-order valence-electron chi connectivity index (χ2n) is 9.05. The molecule has 1 atom stereocenters. The van der Waals surface area contributed by atoms with Gasteiger partial charge in [0.05, 0.1) is 12.1 Å². The molecule has 192 valence electrons. The number of aryl methyl sites for hydroxylation is 2. The molecule has 10 heteroatoms. The second kappa shape index (κ2) is 13.1. The van der Waals surface area contributed by atoms with E-state index in [0.29, 0.717) is 36.4 Å². The van der Waals surface area contributed by atoms with Crippen molar-refractivity contribution in [3.05, 3.63) is 48.0 Å². The highest BCUT2D eigenvalue weighted by molar-refractivity contribution is 5.87. The third kappa shape index (κ3) is 7.08. The van der Waals surface area contributed by atoms with Gasteiger partial charge in [0.25, 0.3) is 0 Å². The monoisotopic (exact) mass is 493 g/mol. The van der Waals surface area contributed by atoms with Gasteiger partial charge in [0.2, 0.25) is 0 Å².